The van der Waals surface area contributed by atoms with Gasteiger partial charge >= 0.3 is 0 Å². The molecule has 0 aliphatic rings. The van der Waals surface area contributed by atoms with E-state index in [0.29, 0.717) is 24.7 Å². The molecule has 0 aliphatic carbocycles. The number of hydrogen-bond donors (Lipinski definition) is 1. The number of nitrogens with zero attached hydrogens (tertiary/aromatic N) is 1. The zero-order valence-electron chi connectivity index (χ0n) is 16.6. The van der Waals surface area contributed by atoms with Gasteiger partial charge in [-0.2, -0.15) is 0 Å². The van der Waals surface area contributed by atoms with Crippen molar-refractivity contribution in [2.45, 2.75) is 31.2 Å². The number of sulfonamides is 1. The number of carbonyl (C=O) groups excluding carboxylic acids is 1. The molecule has 2 aromatic rings. The van der Waals surface area contributed by atoms with Gasteiger partial charge in [0.2, 0.25) is 5.91 Å². The first-order valence-corrected chi connectivity index (χ1v) is 11.5. The fraction of sp³-hybridized carbons (Fsp3) is 0.350. The fourth-order valence-corrected chi connectivity index (χ4v) is 4.62. The highest BCUT2D eigenvalue weighted by Gasteiger charge is 2.35. The zero-order chi connectivity index (χ0) is 22.3. The first-order valence-electron chi connectivity index (χ1n) is 9.29. The lowest BCUT2D eigenvalue weighted by molar-refractivity contribution is -0.121. The lowest BCUT2D eigenvalue weighted by Crippen LogP contribution is -2.48. The quantitative estimate of drug-likeness (QED) is 0.519. The SMILES string of the molecule is CCOCCCNC(=O)C(C)N(c1cc(Cl)ccc1F)S(=O)(=O)c1ccc(Cl)cc1. The molecule has 0 bridgehead atoms. The van der Waals surface area contributed by atoms with Crippen molar-refractivity contribution in [3.05, 3.63) is 58.3 Å². The Bertz CT molecular complexity index is 971. The Hall–Kier alpha value is -1.87. The summed E-state index contributed by atoms with van der Waals surface area (Å²) in [6.07, 6.45) is 0.557. The van der Waals surface area contributed by atoms with Crippen molar-refractivity contribution < 1.29 is 22.3 Å². The van der Waals surface area contributed by atoms with E-state index in [1.165, 1.54) is 43.3 Å². The van der Waals surface area contributed by atoms with Gasteiger partial charge in [-0.1, -0.05) is 23.2 Å². The van der Waals surface area contributed by atoms with Crippen LogP contribution in [0.3, 0.4) is 0 Å². The van der Waals surface area contributed by atoms with Gasteiger partial charge in [-0.25, -0.2) is 12.8 Å². The molecule has 164 valence electrons. The molecule has 2 rings (SSSR count). The number of anilines is 1. The minimum absolute atomic E-state index is 0.132. The van der Waals surface area contributed by atoms with E-state index in [9.17, 15) is 17.6 Å². The Labute approximate surface area is 186 Å². The molecule has 0 saturated heterocycles. The summed E-state index contributed by atoms with van der Waals surface area (Å²) in [5.41, 5.74) is -0.325. The van der Waals surface area contributed by atoms with Gasteiger partial charge in [-0.05, 0) is 62.7 Å². The average molecular weight is 477 g/mol. The second-order valence-corrected chi connectivity index (χ2v) is 9.06. The molecular weight excluding hydrogens is 454 g/mol. The van der Waals surface area contributed by atoms with Gasteiger partial charge in [-0.15, -0.1) is 0 Å². The van der Waals surface area contributed by atoms with Crippen LogP contribution in [0.4, 0.5) is 10.1 Å². The van der Waals surface area contributed by atoms with Crippen LogP contribution in [0.5, 0.6) is 0 Å². The summed E-state index contributed by atoms with van der Waals surface area (Å²) in [6.45, 7) is 4.55. The molecule has 0 heterocycles. The lowest BCUT2D eigenvalue weighted by atomic mass is 10.2. The number of hydrogen-bond acceptors (Lipinski definition) is 4. The minimum Gasteiger partial charge on any atom is -0.382 e. The molecular formula is C20H23Cl2FN2O4S. The van der Waals surface area contributed by atoms with Crippen molar-refractivity contribution >= 4 is 44.8 Å². The summed E-state index contributed by atoms with van der Waals surface area (Å²) in [5, 5.41) is 3.13. The third-order valence-corrected chi connectivity index (χ3v) is 6.60. The summed E-state index contributed by atoms with van der Waals surface area (Å²) >= 11 is 11.8. The second kappa shape index (κ2) is 10.9. The van der Waals surface area contributed by atoms with Crippen molar-refractivity contribution in [2.24, 2.45) is 0 Å². The van der Waals surface area contributed by atoms with E-state index in [4.69, 9.17) is 27.9 Å². The van der Waals surface area contributed by atoms with E-state index < -0.39 is 27.8 Å². The summed E-state index contributed by atoms with van der Waals surface area (Å²) in [5.74, 6) is -1.41. The van der Waals surface area contributed by atoms with Gasteiger partial charge in [0.1, 0.15) is 11.9 Å². The predicted octanol–water partition coefficient (Wildman–Crippen LogP) is 4.26. The van der Waals surface area contributed by atoms with Crippen LogP contribution in [-0.2, 0) is 19.6 Å². The van der Waals surface area contributed by atoms with Gasteiger partial charge in [0.05, 0.1) is 10.6 Å². The Balaban J connectivity index is 2.40. The van der Waals surface area contributed by atoms with E-state index in [0.717, 1.165) is 10.4 Å². The van der Waals surface area contributed by atoms with E-state index in [1.807, 2.05) is 6.92 Å². The van der Waals surface area contributed by atoms with Crippen molar-refractivity contribution in [1.82, 2.24) is 5.32 Å². The molecule has 30 heavy (non-hydrogen) atoms. The molecule has 6 nitrogen and oxygen atoms in total. The summed E-state index contributed by atoms with van der Waals surface area (Å²) in [4.78, 5) is 12.5. The van der Waals surface area contributed by atoms with Gasteiger partial charge in [0, 0.05) is 29.8 Å². The highest BCUT2D eigenvalue weighted by molar-refractivity contribution is 7.93. The van der Waals surface area contributed by atoms with Crippen molar-refractivity contribution in [3.63, 3.8) is 0 Å². The highest BCUT2D eigenvalue weighted by atomic mass is 35.5. The summed E-state index contributed by atoms with van der Waals surface area (Å²) in [6, 6.07) is 7.66. The van der Waals surface area contributed by atoms with Crippen molar-refractivity contribution in [3.8, 4) is 0 Å². The van der Waals surface area contributed by atoms with Crippen LogP contribution in [0.25, 0.3) is 0 Å². The molecule has 1 N–H and O–H groups in total. The molecule has 0 saturated carbocycles. The van der Waals surface area contributed by atoms with Gasteiger partial charge in [0.15, 0.2) is 0 Å². The Kier molecular flexibility index (Phi) is 8.91. The number of rotatable bonds is 10. The zero-order valence-corrected chi connectivity index (χ0v) is 18.9. The standard InChI is InChI=1S/C20H23Cl2FN2O4S/c1-3-29-12-4-11-24-20(26)14(2)25(19-13-16(22)7-10-18(19)23)30(27,28)17-8-5-15(21)6-9-17/h5-10,13-14H,3-4,11-12H2,1-2H3,(H,24,26). The number of benzene rings is 2. The normalized spacial score (nSPS) is 12.4. The van der Waals surface area contributed by atoms with E-state index in [2.05, 4.69) is 5.32 Å². The summed E-state index contributed by atoms with van der Waals surface area (Å²) < 4.78 is 47.2. The van der Waals surface area contributed by atoms with Crippen LogP contribution in [0.15, 0.2) is 47.4 Å². The number of ether oxygens (including phenoxy) is 1. The maximum Gasteiger partial charge on any atom is 0.265 e. The molecule has 1 atom stereocenters. The first kappa shape index (κ1) is 24.4. The largest absolute Gasteiger partial charge is 0.382 e. The minimum atomic E-state index is -4.30. The maximum atomic E-state index is 14.6. The molecule has 0 spiro atoms. The molecule has 0 radical (unpaired) electrons. The van der Waals surface area contributed by atoms with Crippen LogP contribution in [0, 0.1) is 5.82 Å². The van der Waals surface area contributed by atoms with Crippen molar-refractivity contribution in [1.29, 1.82) is 0 Å². The van der Waals surface area contributed by atoms with Crippen LogP contribution in [0.1, 0.15) is 20.3 Å². The predicted molar refractivity (Wildman–Crippen MR) is 116 cm³/mol. The third-order valence-electron chi connectivity index (χ3n) is 4.22. The van der Waals surface area contributed by atoms with E-state index in [-0.39, 0.29) is 22.2 Å². The molecule has 2 aromatic carbocycles. The smallest absolute Gasteiger partial charge is 0.265 e. The Morgan fingerprint density at radius 2 is 1.80 bits per heavy atom. The topological polar surface area (TPSA) is 75.7 Å². The number of halogens is 3. The van der Waals surface area contributed by atoms with Gasteiger partial charge in [-0.3, -0.25) is 9.10 Å². The van der Waals surface area contributed by atoms with Gasteiger partial charge < -0.3 is 10.1 Å². The lowest BCUT2D eigenvalue weighted by Gasteiger charge is -2.30. The average Bonchev–Trinajstić information content (AvgIpc) is 2.70. The third kappa shape index (κ3) is 6.07. The highest BCUT2D eigenvalue weighted by Crippen LogP contribution is 2.31. The van der Waals surface area contributed by atoms with E-state index in [1.54, 1.807) is 0 Å². The number of amides is 1. The van der Waals surface area contributed by atoms with Crippen molar-refractivity contribution in [2.75, 3.05) is 24.1 Å². The first-order chi connectivity index (χ1) is 14.2. The van der Waals surface area contributed by atoms with Crippen LogP contribution in [-0.4, -0.2) is 40.1 Å². The monoisotopic (exact) mass is 476 g/mol. The van der Waals surface area contributed by atoms with Crippen LogP contribution < -0.4 is 9.62 Å². The molecule has 1 unspecified atom stereocenters. The molecule has 1 amide bonds. The van der Waals surface area contributed by atoms with E-state index >= 15 is 0 Å². The molecule has 0 aliphatic heterocycles. The van der Waals surface area contributed by atoms with Crippen LogP contribution >= 0.6 is 23.2 Å². The fourth-order valence-electron chi connectivity index (χ4n) is 2.71. The summed E-state index contributed by atoms with van der Waals surface area (Å²) in [7, 11) is -4.30. The van der Waals surface area contributed by atoms with Gasteiger partial charge in [0.25, 0.3) is 10.0 Å². The maximum absolute atomic E-state index is 14.6. The Morgan fingerprint density at radius 3 is 2.43 bits per heavy atom. The van der Waals surface area contributed by atoms with Crippen LogP contribution in [0.2, 0.25) is 10.0 Å². The Morgan fingerprint density at radius 1 is 1.17 bits per heavy atom. The molecule has 0 fully saturated rings. The second-order valence-electron chi connectivity index (χ2n) is 6.37. The molecule has 10 heteroatoms. The number of carbonyl (C=O) groups is 1. The molecule has 0 aromatic heterocycles. The number of nitrogens with one attached hydrogen (secondary N) is 1.